The average Bonchev–Trinajstić information content (AvgIpc) is 3.89. The van der Waals surface area contributed by atoms with Crippen LogP contribution in [-0.4, -0.2) is 33.0 Å². The first kappa shape index (κ1) is 41.8. The van der Waals surface area contributed by atoms with Gasteiger partial charge < -0.3 is 14.0 Å². The Morgan fingerprint density at radius 2 is 1.12 bits per heavy atom. The zero-order valence-corrected chi connectivity index (χ0v) is 40.0. The lowest BCUT2D eigenvalue weighted by Crippen LogP contribution is -2.57. The van der Waals surface area contributed by atoms with E-state index in [0.29, 0.717) is 11.8 Å². The third-order valence-corrected chi connectivity index (χ3v) is 14.4. The fourth-order valence-electron chi connectivity index (χ4n) is 11.1. The van der Waals surface area contributed by atoms with E-state index < -0.39 is 0 Å². The van der Waals surface area contributed by atoms with E-state index in [1.54, 1.807) is 0 Å². The van der Waals surface area contributed by atoms with E-state index in [0.717, 1.165) is 73.3 Å². The molecule has 0 atom stereocenters. The van der Waals surface area contributed by atoms with Crippen molar-refractivity contribution in [3.8, 4) is 73.5 Å². The molecular formula is C61H54BN5O. The summed E-state index contributed by atoms with van der Waals surface area (Å²) in [4.78, 5) is 13.3. The number of imidazole rings is 1. The maximum absolute atomic E-state index is 6.99. The Balaban J connectivity index is 1.09. The molecule has 12 rings (SSSR count). The predicted molar refractivity (Wildman–Crippen MR) is 284 cm³/mol. The van der Waals surface area contributed by atoms with Gasteiger partial charge in [0.05, 0.1) is 22.4 Å². The highest BCUT2D eigenvalue weighted by atomic mass is 16.5. The van der Waals surface area contributed by atoms with Gasteiger partial charge in [0.25, 0.3) is 0 Å². The molecule has 0 saturated carbocycles. The molecule has 0 bridgehead atoms. The number of aromatic nitrogens is 4. The number of nitrogens with zero attached hydrogens (tertiary/aromatic N) is 5. The van der Waals surface area contributed by atoms with E-state index in [4.69, 9.17) is 14.7 Å². The van der Waals surface area contributed by atoms with Gasteiger partial charge in [-0.15, -0.1) is 0 Å². The van der Waals surface area contributed by atoms with Gasteiger partial charge in [-0.3, -0.25) is 4.57 Å². The number of ether oxygens (including phenoxy) is 1. The van der Waals surface area contributed by atoms with E-state index in [1.165, 1.54) is 49.8 Å². The fraction of sp³-hybridized carbons (Fsp3) is 0.180. The fourth-order valence-corrected chi connectivity index (χ4v) is 11.1. The van der Waals surface area contributed by atoms with Crippen molar-refractivity contribution in [3.63, 3.8) is 0 Å². The molecule has 1 aliphatic carbocycles. The van der Waals surface area contributed by atoms with Gasteiger partial charge >= 0.3 is 6.98 Å². The van der Waals surface area contributed by atoms with Crippen LogP contribution < -0.4 is 15.0 Å². The topological polar surface area (TPSA) is 48.1 Å². The molecule has 0 N–H and O–H groups in total. The minimum absolute atomic E-state index is 0.0238. The van der Waals surface area contributed by atoms with Crippen molar-refractivity contribution in [1.82, 2.24) is 19.0 Å². The van der Waals surface area contributed by atoms with Crippen LogP contribution in [0.2, 0.25) is 0 Å². The summed E-state index contributed by atoms with van der Waals surface area (Å²) >= 11 is 0. The Bertz CT molecular complexity index is 3620. The molecule has 0 fully saturated rings. The van der Waals surface area contributed by atoms with E-state index >= 15 is 0 Å². The summed E-state index contributed by atoms with van der Waals surface area (Å²) in [5.74, 6) is 3.91. The maximum atomic E-state index is 6.99. The Morgan fingerprint density at radius 3 is 1.79 bits per heavy atom. The second kappa shape index (κ2) is 15.7. The zero-order chi connectivity index (χ0) is 46.6. The summed E-state index contributed by atoms with van der Waals surface area (Å²) in [6.45, 7) is 15.8. The largest absolute Gasteiger partial charge is 0.457 e. The van der Waals surface area contributed by atoms with Crippen LogP contribution >= 0.6 is 0 Å². The molecule has 7 aromatic carbocycles. The van der Waals surface area contributed by atoms with Crippen molar-refractivity contribution in [2.75, 3.05) is 11.9 Å². The summed E-state index contributed by atoms with van der Waals surface area (Å²) in [5.41, 5.74) is 18.7. The third kappa shape index (κ3) is 6.46. The molecule has 0 radical (unpaired) electrons. The Kier molecular flexibility index (Phi) is 9.67. The van der Waals surface area contributed by atoms with Gasteiger partial charge in [-0.05, 0) is 117 Å². The van der Waals surface area contributed by atoms with Crippen LogP contribution in [0.3, 0.4) is 0 Å². The molecule has 68 heavy (non-hydrogen) atoms. The molecule has 0 saturated heterocycles. The van der Waals surface area contributed by atoms with Gasteiger partial charge in [-0.25, -0.2) is 9.97 Å². The number of hydrogen-bond donors (Lipinski definition) is 0. The molecule has 0 amide bonds. The third-order valence-electron chi connectivity index (χ3n) is 14.4. The molecule has 7 heteroatoms. The van der Waals surface area contributed by atoms with Crippen LogP contribution in [0, 0.1) is 0 Å². The van der Waals surface area contributed by atoms with Crippen LogP contribution in [0.25, 0.3) is 83.8 Å². The summed E-state index contributed by atoms with van der Waals surface area (Å²) in [6.07, 6.45) is 1.93. The standard InChI is InChI=1S/C61H54BN5O/c1-37(2)42-25-17-26-43(38(3)4)57(42)62-65(8)53-31-29-40(68-41-28-30-49-48-22-15-16-27-54(48)66(55(49)36-41)56-34-39(32-33-63-56)61(5,6)7)35-52(53)60-64-58-50-23-13-11-20-46(50)44-18-9-10-19-45(44)47-21-12-14-24-51(47)59(58)67(60)62/h9-38H,1-8H3. The number of pyridine rings is 1. The molecule has 3 aromatic heterocycles. The summed E-state index contributed by atoms with van der Waals surface area (Å²) < 4.78 is 11.8. The number of anilines is 1. The van der Waals surface area contributed by atoms with Crippen molar-refractivity contribution in [2.24, 2.45) is 0 Å². The predicted octanol–water partition coefficient (Wildman–Crippen LogP) is 15.1. The second-order valence-electron chi connectivity index (χ2n) is 20.2. The number of hydrogen-bond acceptors (Lipinski definition) is 4. The number of fused-ring (bicyclic) bond motifs is 15. The number of rotatable bonds is 6. The van der Waals surface area contributed by atoms with Crippen LogP contribution in [-0.2, 0) is 5.41 Å². The highest BCUT2D eigenvalue weighted by molar-refractivity contribution is 6.77. The quantitative estimate of drug-likeness (QED) is 0.156. The van der Waals surface area contributed by atoms with Crippen molar-refractivity contribution in [2.45, 2.75) is 65.7 Å². The van der Waals surface area contributed by atoms with Crippen LogP contribution in [0.4, 0.5) is 5.69 Å². The molecule has 6 nitrogen and oxygen atoms in total. The molecule has 10 aromatic rings. The molecule has 0 spiro atoms. The lowest BCUT2D eigenvalue weighted by molar-refractivity contribution is 0.483. The average molecular weight is 884 g/mol. The van der Waals surface area contributed by atoms with Gasteiger partial charge in [0, 0.05) is 45.4 Å². The van der Waals surface area contributed by atoms with Crippen molar-refractivity contribution >= 4 is 39.9 Å². The normalized spacial score (nSPS) is 12.9. The molecule has 1 aliphatic heterocycles. The molecule has 2 aliphatic rings. The smallest absolute Gasteiger partial charge is 0.417 e. The van der Waals surface area contributed by atoms with Gasteiger partial charge in [0.2, 0.25) is 0 Å². The second-order valence-corrected chi connectivity index (χ2v) is 20.2. The van der Waals surface area contributed by atoms with Crippen LogP contribution in [0.1, 0.15) is 77.0 Å². The monoisotopic (exact) mass is 883 g/mol. The summed E-state index contributed by atoms with van der Waals surface area (Å²) in [5, 5.41) is 2.33. The van der Waals surface area contributed by atoms with E-state index in [2.05, 4.69) is 233 Å². The lowest BCUT2D eigenvalue weighted by atomic mass is 9.57. The van der Waals surface area contributed by atoms with E-state index in [1.807, 2.05) is 6.20 Å². The van der Waals surface area contributed by atoms with Crippen molar-refractivity contribution in [3.05, 3.63) is 187 Å². The van der Waals surface area contributed by atoms with Crippen molar-refractivity contribution in [1.29, 1.82) is 0 Å². The zero-order valence-electron chi connectivity index (χ0n) is 40.0. The Labute approximate surface area is 399 Å². The number of benzene rings is 7. The van der Waals surface area contributed by atoms with Gasteiger partial charge in [-0.1, -0.05) is 158 Å². The number of para-hydroxylation sites is 1. The molecule has 4 heterocycles. The Morgan fingerprint density at radius 1 is 0.544 bits per heavy atom. The minimum atomic E-state index is -0.193. The first-order valence-electron chi connectivity index (χ1n) is 24.0. The molecule has 0 unspecified atom stereocenters. The van der Waals surface area contributed by atoms with E-state index in [9.17, 15) is 0 Å². The van der Waals surface area contributed by atoms with Gasteiger partial charge in [0.15, 0.2) is 0 Å². The first-order chi connectivity index (χ1) is 33.0. The molecule has 332 valence electrons. The summed E-state index contributed by atoms with van der Waals surface area (Å²) in [6, 6.07) is 59.4. The van der Waals surface area contributed by atoms with E-state index in [-0.39, 0.29) is 12.4 Å². The lowest BCUT2D eigenvalue weighted by Gasteiger charge is -2.39. The molecular weight excluding hydrogens is 830 g/mol. The minimum Gasteiger partial charge on any atom is -0.457 e. The van der Waals surface area contributed by atoms with Crippen LogP contribution in [0.15, 0.2) is 170 Å². The maximum Gasteiger partial charge on any atom is 0.417 e. The van der Waals surface area contributed by atoms with Gasteiger partial charge in [0.1, 0.15) is 23.1 Å². The summed E-state index contributed by atoms with van der Waals surface area (Å²) in [7, 11) is 2.26. The Hall–Kier alpha value is -7.64. The van der Waals surface area contributed by atoms with Gasteiger partial charge in [-0.2, -0.15) is 0 Å². The van der Waals surface area contributed by atoms with Crippen LogP contribution in [0.5, 0.6) is 11.5 Å². The van der Waals surface area contributed by atoms with Crippen molar-refractivity contribution < 1.29 is 4.74 Å². The SMILES string of the molecule is CC(C)c1cccc(C(C)C)c1B1N(C)c2ccc(Oc3ccc4c5ccccc5n(-c5cc(C(C)(C)C)ccn5)c4c3)cc2-c2nc3c(n21)-c1ccccc1-c1ccccc1-c1ccccc1-3. The highest BCUT2D eigenvalue weighted by Crippen LogP contribution is 2.51. The highest BCUT2D eigenvalue weighted by Gasteiger charge is 2.43. The first-order valence-corrected chi connectivity index (χ1v) is 24.0.